The van der Waals surface area contributed by atoms with Crippen molar-refractivity contribution in [3.05, 3.63) is 46.4 Å². The van der Waals surface area contributed by atoms with Gasteiger partial charge in [0.2, 0.25) is 5.71 Å². The van der Waals surface area contributed by atoms with Gasteiger partial charge in [-0.1, -0.05) is 0 Å². The number of rotatable bonds is 4. The summed E-state index contributed by atoms with van der Waals surface area (Å²) >= 11 is 0. The maximum atomic E-state index is 13.6. The summed E-state index contributed by atoms with van der Waals surface area (Å²) in [5.74, 6) is 0. The summed E-state index contributed by atoms with van der Waals surface area (Å²) in [5, 5.41) is 4.98. The minimum atomic E-state index is -0.336. The Morgan fingerprint density at radius 1 is 1.26 bits per heavy atom. The molecule has 1 aliphatic heterocycles. The van der Waals surface area contributed by atoms with E-state index in [4.69, 9.17) is 19.9 Å². The molecule has 0 aromatic carbocycles. The molecule has 1 fully saturated rings. The van der Waals surface area contributed by atoms with Crippen molar-refractivity contribution < 1.29 is 9.15 Å². The third-order valence-corrected chi connectivity index (χ3v) is 6.49. The maximum Gasteiger partial charge on any atom is 0.349 e. The molecule has 5 heterocycles. The number of aromatic nitrogens is 5. The minimum absolute atomic E-state index is 0.0188. The molecule has 4 aromatic heterocycles. The first-order chi connectivity index (χ1) is 16.8. The molecule has 0 bridgehead atoms. The quantitative estimate of drug-likeness (QED) is 0.448. The molecule has 10 heteroatoms. The van der Waals surface area contributed by atoms with Crippen LogP contribution in [-0.2, 0) is 11.8 Å². The van der Waals surface area contributed by atoms with Gasteiger partial charge in [-0.3, -0.25) is 14.2 Å². The van der Waals surface area contributed by atoms with Gasteiger partial charge in [0.25, 0.3) is 0 Å². The molecule has 1 aliphatic rings. The SMILES string of the molecule is CN=C/C(=C\N)c1cc2c(nc1C)oc1c(-c3cnn(C)c3)nc(=O)n(C3CC(C)OC(C)C3)c12. The smallest absolute Gasteiger partial charge is 0.349 e. The molecule has 0 spiro atoms. The number of furan rings is 1. The molecule has 2 atom stereocenters. The van der Waals surface area contributed by atoms with Gasteiger partial charge >= 0.3 is 5.69 Å². The van der Waals surface area contributed by atoms with Gasteiger partial charge in [0.15, 0.2) is 5.58 Å². The Balaban J connectivity index is 1.87. The first-order valence-corrected chi connectivity index (χ1v) is 11.7. The third kappa shape index (κ3) is 3.93. The number of ether oxygens (including phenoxy) is 1. The van der Waals surface area contributed by atoms with Gasteiger partial charge in [-0.25, -0.2) is 9.78 Å². The van der Waals surface area contributed by atoms with Crippen LogP contribution >= 0.6 is 0 Å². The Morgan fingerprint density at radius 2 is 2.00 bits per heavy atom. The highest BCUT2D eigenvalue weighted by Gasteiger charge is 2.31. The summed E-state index contributed by atoms with van der Waals surface area (Å²) in [4.78, 5) is 26.9. The van der Waals surface area contributed by atoms with Gasteiger partial charge in [0.05, 0.1) is 23.8 Å². The van der Waals surface area contributed by atoms with E-state index in [0.29, 0.717) is 40.9 Å². The van der Waals surface area contributed by atoms with Crippen LogP contribution in [0.4, 0.5) is 0 Å². The normalized spacial score (nSPS) is 21.5. The first kappa shape index (κ1) is 23.0. The second-order valence-electron chi connectivity index (χ2n) is 9.16. The fraction of sp³-hybridized carbons (Fsp3) is 0.400. The summed E-state index contributed by atoms with van der Waals surface area (Å²) in [6.07, 6.45) is 8.11. The highest BCUT2D eigenvalue weighted by molar-refractivity contribution is 6.13. The van der Waals surface area contributed by atoms with E-state index in [0.717, 1.165) is 22.2 Å². The second-order valence-corrected chi connectivity index (χ2v) is 9.16. The number of nitrogens with two attached hydrogens (primary N) is 1. The Hall–Kier alpha value is -3.79. The van der Waals surface area contributed by atoms with Gasteiger partial charge < -0.3 is 14.9 Å². The van der Waals surface area contributed by atoms with E-state index in [1.807, 2.05) is 40.1 Å². The predicted molar refractivity (Wildman–Crippen MR) is 135 cm³/mol. The largest absolute Gasteiger partial charge is 0.434 e. The minimum Gasteiger partial charge on any atom is -0.434 e. The fourth-order valence-electron chi connectivity index (χ4n) is 5.09. The summed E-state index contributed by atoms with van der Waals surface area (Å²) in [7, 11) is 3.51. The Kier molecular flexibility index (Phi) is 5.76. The number of fused-ring (bicyclic) bond motifs is 3. The average molecular weight is 476 g/mol. The van der Waals surface area contributed by atoms with E-state index >= 15 is 0 Å². The zero-order valence-electron chi connectivity index (χ0n) is 20.5. The van der Waals surface area contributed by atoms with Crippen molar-refractivity contribution in [1.29, 1.82) is 0 Å². The summed E-state index contributed by atoms with van der Waals surface area (Å²) < 4.78 is 15.7. The highest BCUT2D eigenvalue weighted by Crippen LogP contribution is 2.38. The maximum absolute atomic E-state index is 13.6. The standard InChI is InChI=1S/C25H29N7O3/c1-13-6-18(7-14(2)34-13)32-22-20-8-19(16(9-26)10-27-4)15(3)29-24(20)35-23(22)21(30-25(32)33)17-11-28-31(5)12-17/h8-14,18H,6-7,26H2,1-5H3/b16-9+,27-10?. The number of nitrogens with zero attached hydrogens (tertiary/aromatic N) is 6. The topological polar surface area (TPSA) is 126 Å². The Bertz CT molecular complexity index is 1530. The predicted octanol–water partition coefficient (Wildman–Crippen LogP) is 3.38. The molecule has 4 aromatic rings. The summed E-state index contributed by atoms with van der Waals surface area (Å²) in [5.41, 5.74) is 10.6. The summed E-state index contributed by atoms with van der Waals surface area (Å²) in [6, 6.07) is 1.88. The van der Waals surface area contributed by atoms with Crippen LogP contribution < -0.4 is 11.4 Å². The molecule has 10 nitrogen and oxygen atoms in total. The zero-order valence-corrected chi connectivity index (χ0v) is 20.5. The lowest BCUT2D eigenvalue weighted by molar-refractivity contribution is -0.0486. The van der Waals surface area contributed by atoms with Gasteiger partial charge in [0.1, 0.15) is 11.2 Å². The van der Waals surface area contributed by atoms with Crippen molar-refractivity contribution in [3.63, 3.8) is 0 Å². The van der Waals surface area contributed by atoms with Crippen LogP contribution in [0, 0.1) is 6.92 Å². The molecule has 0 aliphatic carbocycles. The van der Waals surface area contributed by atoms with Crippen LogP contribution in [0.25, 0.3) is 39.0 Å². The van der Waals surface area contributed by atoms with Crippen molar-refractivity contribution in [2.75, 3.05) is 7.05 Å². The van der Waals surface area contributed by atoms with Crippen LogP contribution in [0.1, 0.15) is 44.0 Å². The Labute approximate surface area is 202 Å². The molecule has 1 saturated heterocycles. The van der Waals surface area contributed by atoms with E-state index in [-0.39, 0.29) is 23.9 Å². The molecule has 2 N–H and O–H groups in total. The van der Waals surface area contributed by atoms with Gasteiger partial charge in [0, 0.05) is 61.1 Å². The Morgan fingerprint density at radius 3 is 2.63 bits per heavy atom. The molecular formula is C25H29N7O3. The number of hydrogen-bond donors (Lipinski definition) is 1. The number of aryl methyl sites for hydroxylation is 2. The number of hydrogen-bond acceptors (Lipinski definition) is 8. The van der Waals surface area contributed by atoms with Crippen molar-refractivity contribution in [2.24, 2.45) is 17.8 Å². The van der Waals surface area contributed by atoms with E-state index in [9.17, 15) is 4.79 Å². The van der Waals surface area contributed by atoms with Crippen LogP contribution in [0.15, 0.2) is 38.9 Å². The lowest BCUT2D eigenvalue weighted by Gasteiger charge is -2.33. The van der Waals surface area contributed by atoms with Crippen molar-refractivity contribution >= 4 is 34.0 Å². The molecule has 0 saturated carbocycles. The molecule has 35 heavy (non-hydrogen) atoms. The van der Waals surface area contributed by atoms with E-state index in [1.54, 1.807) is 28.7 Å². The highest BCUT2D eigenvalue weighted by atomic mass is 16.5. The van der Waals surface area contributed by atoms with Crippen molar-refractivity contribution in [2.45, 2.75) is 51.9 Å². The number of allylic oxidation sites excluding steroid dienone is 1. The first-order valence-electron chi connectivity index (χ1n) is 11.7. The van der Waals surface area contributed by atoms with Crippen LogP contribution in [0.2, 0.25) is 0 Å². The monoisotopic (exact) mass is 475 g/mol. The lowest BCUT2D eigenvalue weighted by Crippen LogP contribution is -2.36. The molecule has 0 radical (unpaired) electrons. The van der Waals surface area contributed by atoms with E-state index in [2.05, 4.69) is 15.1 Å². The lowest BCUT2D eigenvalue weighted by atomic mass is 9.98. The molecule has 182 valence electrons. The molecule has 2 unspecified atom stereocenters. The molecule has 0 amide bonds. The summed E-state index contributed by atoms with van der Waals surface area (Å²) in [6.45, 7) is 5.95. The number of aliphatic imine (C=N–C) groups is 1. The van der Waals surface area contributed by atoms with E-state index in [1.165, 1.54) is 6.20 Å². The van der Waals surface area contributed by atoms with E-state index < -0.39 is 0 Å². The van der Waals surface area contributed by atoms with Gasteiger partial charge in [-0.05, 0) is 39.7 Å². The molecule has 5 rings (SSSR count). The second kappa shape index (κ2) is 8.77. The van der Waals surface area contributed by atoms with Gasteiger partial charge in [-0.15, -0.1) is 0 Å². The number of pyridine rings is 1. The van der Waals surface area contributed by atoms with Gasteiger partial charge in [-0.2, -0.15) is 10.1 Å². The van der Waals surface area contributed by atoms with Crippen LogP contribution in [0.3, 0.4) is 0 Å². The molecular weight excluding hydrogens is 446 g/mol. The van der Waals surface area contributed by atoms with Crippen molar-refractivity contribution in [3.8, 4) is 11.3 Å². The van der Waals surface area contributed by atoms with Crippen LogP contribution in [-0.4, -0.2) is 49.8 Å². The fourth-order valence-corrected chi connectivity index (χ4v) is 5.09. The zero-order chi connectivity index (χ0) is 24.9. The van der Waals surface area contributed by atoms with Crippen molar-refractivity contribution in [1.82, 2.24) is 24.3 Å². The average Bonchev–Trinajstić information content (AvgIpc) is 3.39. The third-order valence-electron chi connectivity index (χ3n) is 6.49. The van der Waals surface area contributed by atoms with Crippen LogP contribution in [0.5, 0.6) is 0 Å².